The van der Waals surface area contributed by atoms with Crippen LogP contribution in [0.25, 0.3) is 0 Å². The molecular formula is C39H50. The van der Waals surface area contributed by atoms with Crippen molar-refractivity contribution in [1.82, 2.24) is 0 Å². The van der Waals surface area contributed by atoms with Gasteiger partial charge in [0.1, 0.15) is 0 Å². The summed E-state index contributed by atoms with van der Waals surface area (Å²) in [5.41, 5.74) is 4.45. The van der Waals surface area contributed by atoms with Crippen LogP contribution in [0.4, 0.5) is 0 Å². The molecule has 0 spiro atoms. The molecule has 0 saturated heterocycles. The molecule has 0 aromatic carbocycles. The Morgan fingerprint density at radius 1 is 0.385 bits per heavy atom. The van der Waals surface area contributed by atoms with Crippen LogP contribution in [0.2, 0.25) is 0 Å². The summed E-state index contributed by atoms with van der Waals surface area (Å²) in [6.45, 7) is 4.65. The zero-order valence-corrected chi connectivity index (χ0v) is 24.4. The van der Waals surface area contributed by atoms with Gasteiger partial charge in [-0.1, -0.05) is 167 Å². The molecule has 0 aromatic heterocycles. The SMILES string of the molecule is CCCCC(CCCC(CCCC(CC)C1=C/C=C\C=C/C=C1)C1=C/C=C\C=C/C=C1)C1=C/C=C\C=C/C=C1. The van der Waals surface area contributed by atoms with Gasteiger partial charge < -0.3 is 0 Å². The fourth-order valence-corrected chi connectivity index (χ4v) is 5.79. The molecule has 3 unspecified atom stereocenters. The Balaban J connectivity index is 1.65. The summed E-state index contributed by atoms with van der Waals surface area (Å²) in [7, 11) is 0. The smallest absolute Gasteiger partial charge is 0.0162 e. The highest BCUT2D eigenvalue weighted by molar-refractivity contribution is 5.34. The van der Waals surface area contributed by atoms with Crippen LogP contribution in [0.3, 0.4) is 0 Å². The predicted octanol–water partition coefficient (Wildman–Crippen LogP) is 11.6. The molecule has 0 saturated carbocycles. The molecule has 0 aromatic rings. The second kappa shape index (κ2) is 19.0. The van der Waals surface area contributed by atoms with Crippen LogP contribution in [0, 0.1) is 17.8 Å². The molecule has 0 heteroatoms. The lowest BCUT2D eigenvalue weighted by Gasteiger charge is -2.23. The number of unbranched alkanes of at least 4 members (excludes halogenated alkanes) is 1. The summed E-state index contributed by atoms with van der Waals surface area (Å²) < 4.78 is 0. The van der Waals surface area contributed by atoms with E-state index in [-0.39, 0.29) is 0 Å². The van der Waals surface area contributed by atoms with Crippen LogP contribution in [-0.2, 0) is 0 Å². The van der Waals surface area contributed by atoms with Gasteiger partial charge in [-0.2, -0.15) is 0 Å². The Morgan fingerprint density at radius 2 is 0.718 bits per heavy atom. The van der Waals surface area contributed by atoms with E-state index in [1.54, 1.807) is 0 Å². The topological polar surface area (TPSA) is 0 Å². The quantitative estimate of drug-likeness (QED) is 0.202. The second-order valence-corrected chi connectivity index (χ2v) is 10.9. The Labute approximate surface area is 239 Å². The van der Waals surface area contributed by atoms with E-state index >= 15 is 0 Å². The van der Waals surface area contributed by atoms with Gasteiger partial charge in [0.25, 0.3) is 0 Å². The highest BCUT2D eigenvalue weighted by Gasteiger charge is 2.18. The van der Waals surface area contributed by atoms with Gasteiger partial charge >= 0.3 is 0 Å². The van der Waals surface area contributed by atoms with E-state index in [2.05, 4.69) is 141 Å². The van der Waals surface area contributed by atoms with E-state index in [9.17, 15) is 0 Å². The standard InChI is InChI=1S/C39H50/c1-3-5-23-36(37-26-17-11-7-12-18-27-37)32-22-33-39(38-28-19-13-8-14-20-29-38)31-21-30-34(4-2)35-24-15-9-6-10-16-25-35/h6-20,24-29,34,36,39H,3-5,21-23,30-33H2,1-2H3/b9-6-,10-6?,11-7-,12-7?,13-8-,14-8?,15-9?,16-10-,17-11?,18-12-,19-13?,20-14-,24-15?,25-16?,26-17?,27-18?,28-19?,29-20?,35-24?,35-25?,37-26?,37-27?,38-28?,38-29?. The lowest BCUT2D eigenvalue weighted by atomic mass is 9.82. The molecule has 3 aliphatic rings. The number of hydrogen-bond acceptors (Lipinski definition) is 0. The number of hydrogen-bond donors (Lipinski definition) is 0. The van der Waals surface area contributed by atoms with Crippen molar-refractivity contribution >= 4 is 0 Å². The first-order chi connectivity index (χ1) is 19.3. The van der Waals surface area contributed by atoms with Crippen LogP contribution in [0.5, 0.6) is 0 Å². The summed E-state index contributed by atoms with van der Waals surface area (Å²) >= 11 is 0. The lowest BCUT2D eigenvalue weighted by molar-refractivity contribution is 0.411. The normalized spacial score (nSPS) is 23.7. The van der Waals surface area contributed by atoms with E-state index in [1.807, 2.05) is 0 Å². The minimum Gasteiger partial charge on any atom is -0.0654 e. The molecule has 3 atom stereocenters. The minimum absolute atomic E-state index is 0.608. The highest BCUT2D eigenvalue weighted by atomic mass is 14.2. The first-order valence-electron chi connectivity index (χ1n) is 15.5. The van der Waals surface area contributed by atoms with Gasteiger partial charge in [0.15, 0.2) is 0 Å². The first-order valence-corrected chi connectivity index (χ1v) is 15.5. The van der Waals surface area contributed by atoms with Crippen molar-refractivity contribution in [1.29, 1.82) is 0 Å². The van der Waals surface area contributed by atoms with Gasteiger partial charge in [0.2, 0.25) is 0 Å². The van der Waals surface area contributed by atoms with Crippen LogP contribution >= 0.6 is 0 Å². The van der Waals surface area contributed by atoms with E-state index < -0.39 is 0 Å². The summed E-state index contributed by atoms with van der Waals surface area (Å²) in [5, 5.41) is 0. The zero-order valence-electron chi connectivity index (χ0n) is 24.4. The summed E-state index contributed by atoms with van der Waals surface area (Å²) in [6, 6.07) is 0. The third-order valence-electron chi connectivity index (χ3n) is 8.09. The van der Waals surface area contributed by atoms with Gasteiger partial charge in [0, 0.05) is 0 Å². The van der Waals surface area contributed by atoms with Gasteiger partial charge in [0.05, 0.1) is 0 Å². The molecule has 0 nitrogen and oxygen atoms in total. The molecule has 0 aliphatic heterocycles. The highest BCUT2D eigenvalue weighted by Crippen LogP contribution is 2.32. The van der Waals surface area contributed by atoms with Crippen molar-refractivity contribution in [3.63, 3.8) is 0 Å². The van der Waals surface area contributed by atoms with Crippen LogP contribution in [0.15, 0.2) is 144 Å². The largest absolute Gasteiger partial charge is 0.0654 e. The average Bonchev–Trinajstić information content (AvgIpc) is 2.88. The van der Waals surface area contributed by atoms with Gasteiger partial charge in [-0.15, -0.1) is 0 Å². The maximum Gasteiger partial charge on any atom is -0.0162 e. The molecule has 3 rings (SSSR count). The van der Waals surface area contributed by atoms with Crippen molar-refractivity contribution in [3.05, 3.63) is 144 Å². The third-order valence-corrected chi connectivity index (χ3v) is 8.09. The molecule has 0 amide bonds. The predicted molar refractivity (Wildman–Crippen MR) is 174 cm³/mol. The third kappa shape index (κ3) is 11.7. The number of allylic oxidation sites excluding steroid dienone is 24. The molecular weight excluding hydrogens is 468 g/mol. The maximum absolute atomic E-state index is 2.35. The van der Waals surface area contributed by atoms with Crippen molar-refractivity contribution in [3.8, 4) is 0 Å². The molecule has 0 heterocycles. The summed E-state index contributed by atoms with van der Waals surface area (Å²) in [4.78, 5) is 0. The van der Waals surface area contributed by atoms with Crippen LogP contribution in [0.1, 0.15) is 78.1 Å². The average molecular weight is 519 g/mol. The monoisotopic (exact) mass is 518 g/mol. The summed E-state index contributed by atoms with van der Waals surface area (Å²) in [6.07, 6.45) is 59.0. The van der Waals surface area contributed by atoms with Crippen molar-refractivity contribution < 1.29 is 0 Å². The van der Waals surface area contributed by atoms with Crippen molar-refractivity contribution in [2.45, 2.75) is 78.1 Å². The minimum atomic E-state index is 0.608. The van der Waals surface area contributed by atoms with Crippen LogP contribution in [-0.4, -0.2) is 0 Å². The Hall–Kier alpha value is -3.12. The van der Waals surface area contributed by atoms with E-state index in [0.29, 0.717) is 17.8 Å². The Kier molecular flexibility index (Phi) is 14.8. The Bertz CT molecular complexity index is 1080. The molecule has 206 valence electrons. The lowest BCUT2D eigenvalue weighted by Crippen LogP contribution is -2.09. The summed E-state index contributed by atoms with van der Waals surface area (Å²) in [5.74, 6) is 1.88. The maximum atomic E-state index is 2.35. The second-order valence-electron chi connectivity index (χ2n) is 10.9. The molecule has 0 fully saturated rings. The van der Waals surface area contributed by atoms with E-state index in [0.717, 1.165) is 0 Å². The van der Waals surface area contributed by atoms with E-state index in [1.165, 1.54) is 80.9 Å². The fourth-order valence-electron chi connectivity index (χ4n) is 5.79. The van der Waals surface area contributed by atoms with Crippen molar-refractivity contribution in [2.24, 2.45) is 17.8 Å². The van der Waals surface area contributed by atoms with Crippen molar-refractivity contribution in [2.75, 3.05) is 0 Å². The van der Waals surface area contributed by atoms with E-state index in [4.69, 9.17) is 0 Å². The molecule has 39 heavy (non-hydrogen) atoms. The zero-order chi connectivity index (χ0) is 27.4. The first kappa shape index (κ1) is 30.4. The number of rotatable bonds is 15. The molecule has 3 aliphatic carbocycles. The molecule has 0 radical (unpaired) electrons. The van der Waals surface area contributed by atoms with Crippen LogP contribution < -0.4 is 0 Å². The molecule has 0 N–H and O–H groups in total. The van der Waals surface area contributed by atoms with Gasteiger partial charge in [-0.25, -0.2) is 0 Å². The fraction of sp³-hybridized carbons (Fsp3) is 0.385. The Morgan fingerprint density at radius 3 is 1.13 bits per heavy atom. The van der Waals surface area contributed by atoms with Gasteiger partial charge in [-0.05, 0) is 73.0 Å². The van der Waals surface area contributed by atoms with Gasteiger partial charge in [-0.3, -0.25) is 0 Å². The molecule has 0 bridgehead atoms.